The number of nitrogens with one attached hydrogen (secondary N) is 2. The van der Waals surface area contributed by atoms with Gasteiger partial charge in [0.2, 0.25) is 5.91 Å². The van der Waals surface area contributed by atoms with Crippen molar-refractivity contribution in [1.82, 2.24) is 9.78 Å². The van der Waals surface area contributed by atoms with E-state index in [9.17, 15) is 9.59 Å². The molecule has 8 heteroatoms. The van der Waals surface area contributed by atoms with E-state index in [2.05, 4.69) is 21.8 Å². The fourth-order valence-corrected chi connectivity index (χ4v) is 3.46. The van der Waals surface area contributed by atoms with Crippen LogP contribution in [-0.4, -0.2) is 28.2 Å². The predicted molar refractivity (Wildman–Crippen MR) is 126 cm³/mol. The van der Waals surface area contributed by atoms with Crippen LogP contribution in [0.5, 0.6) is 5.75 Å². The second-order valence-corrected chi connectivity index (χ2v) is 7.56. The molecule has 0 atom stereocenters. The Morgan fingerprint density at radius 1 is 1.03 bits per heavy atom. The van der Waals surface area contributed by atoms with Crippen LogP contribution in [0.3, 0.4) is 0 Å². The molecule has 0 saturated heterocycles. The molecule has 3 rings (SSSR count). The molecular formula is C25H27N5O3. The van der Waals surface area contributed by atoms with Crippen molar-refractivity contribution in [2.75, 3.05) is 17.2 Å². The summed E-state index contributed by atoms with van der Waals surface area (Å²) in [4.78, 5) is 24.5. The summed E-state index contributed by atoms with van der Waals surface area (Å²) in [5.41, 5.74) is 4.19. The van der Waals surface area contributed by atoms with Gasteiger partial charge in [-0.2, -0.15) is 10.4 Å². The van der Waals surface area contributed by atoms with E-state index < -0.39 is 0 Å². The number of hydrogen-bond donors (Lipinski definition) is 2. The number of para-hydroxylation sites is 1. The first kappa shape index (κ1) is 23.5. The molecule has 2 amide bonds. The lowest BCUT2D eigenvalue weighted by Gasteiger charge is -2.10. The second kappa shape index (κ2) is 11.5. The van der Waals surface area contributed by atoms with Crippen LogP contribution in [0.1, 0.15) is 29.8 Å². The van der Waals surface area contributed by atoms with Crippen molar-refractivity contribution in [2.24, 2.45) is 0 Å². The van der Waals surface area contributed by atoms with E-state index in [0.717, 1.165) is 17.0 Å². The van der Waals surface area contributed by atoms with Gasteiger partial charge in [0.05, 0.1) is 24.7 Å². The molecule has 0 radical (unpaired) electrons. The van der Waals surface area contributed by atoms with Gasteiger partial charge in [0, 0.05) is 29.6 Å². The zero-order chi connectivity index (χ0) is 23.6. The van der Waals surface area contributed by atoms with E-state index in [1.165, 1.54) is 0 Å². The van der Waals surface area contributed by atoms with Crippen molar-refractivity contribution < 1.29 is 14.3 Å². The van der Waals surface area contributed by atoms with E-state index in [0.29, 0.717) is 42.9 Å². The fraction of sp³-hybridized carbons (Fsp3) is 0.280. The zero-order valence-electron chi connectivity index (χ0n) is 18.8. The Bertz CT molecular complexity index is 1150. The molecule has 0 fully saturated rings. The van der Waals surface area contributed by atoms with E-state index in [-0.39, 0.29) is 18.4 Å². The highest BCUT2D eigenvalue weighted by atomic mass is 16.5. The standard InChI is InChI=1S/C25H27N5O3/c1-18-23(19(2)30(29-18)15-7-14-26)12-13-24(31)28-21-10-6-11-22(16-21)33-17-25(32)27-20-8-4-3-5-9-20/h3-6,8-11,16H,7,12-13,15,17H2,1-2H3,(H,27,32)(H,28,31). The maximum absolute atomic E-state index is 12.5. The average molecular weight is 446 g/mol. The minimum Gasteiger partial charge on any atom is -0.484 e. The van der Waals surface area contributed by atoms with Gasteiger partial charge in [-0.25, -0.2) is 0 Å². The third-order valence-electron chi connectivity index (χ3n) is 5.11. The minimum atomic E-state index is -0.267. The number of aryl methyl sites for hydroxylation is 2. The molecule has 0 saturated carbocycles. The number of rotatable bonds is 10. The Balaban J connectivity index is 1.50. The number of carbonyl (C=O) groups excluding carboxylic acids is 2. The van der Waals surface area contributed by atoms with E-state index in [4.69, 9.17) is 10.00 Å². The molecule has 0 aliphatic carbocycles. The molecule has 2 aromatic carbocycles. The monoisotopic (exact) mass is 445 g/mol. The summed E-state index contributed by atoms with van der Waals surface area (Å²) in [7, 11) is 0. The molecular weight excluding hydrogens is 418 g/mol. The van der Waals surface area contributed by atoms with Crippen molar-refractivity contribution in [3.63, 3.8) is 0 Å². The number of anilines is 2. The minimum absolute atomic E-state index is 0.127. The molecule has 2 N–H and O–H groups in total. The first-order chi connectivity index (χ1) is 16.0. The van der Waals surface area contributed by atoms with Crippen molar-refractivity contribution in [3.8, 4) is 11.8 Å². The lowest BCUT2D eigenvalue weighted by Crippen LogP contribution is -2.20. The Morgan fingerprint density at radius 3 is 2.52 bits per heavy atom. The van der Waals surface area contributed by atoms with Gasteiger partial charge >= 0.3 is 0 Å². The normalized spacial score (nSPS) is 10.3. The van der Waals surface area contributed by atoms with Crippen LogP contribution in [0.4, 0.5) is 11.4 Å². The van der Waals surface area contributed by atoms with Gasteiger partial charge in [-0.15, -0.1) is 0 Å². The SMILES string of the molecule is Cc1nn(CCC#N)c(C)c1CCC(=O)Nc1cccc(OCC(=O)Nc2ccccc2)c1. The molecule has 170 valence electrons. The van der Waals surface area contributed by atoms with Crippen molar-refractivity contribution in [1.29, 1.82) is 5.26 Å². The smallest absolute Gasteiger partial charge is 0.262 e. The second-order valence-electron chi connectivity index (χ2n) is 7.56. The van der Waals surface area contributed by atoms with Gasteiger partial charge in [0.25, 0.3) is 5.91 Å². The van der Waals surface area contributed by atoms with Gasteiger partial charge in [-0.3, -0.25) is 14.3 Å². The molecule has 1 heterocycles. The molecule has 3 aromatic rings. The number of nitrogens with zero attached hydrogens (tertiary/aromatic N) is 3. The van der Waals surface area contributed by atoms with Gasteiger partial charge in [0.15, 0.2) is 6.61 Å². The number of aromatic nitrogens is 2. The molecule has 8 nitrogen and oxygen atoms in total. The van der Waals surface area contributed by atoms with E-state index in [1.807, 2.05) is 36.7 Å². The summed E-state index contributed by atoms with van der Waals surface area (Å²) in [6.45, 7) is 4.28. The quantitative estimate of drug-likeness (QED) is 0.490. The van der Waals surface area contributed by atoms with Crippen molar-refractivity contribution >= 4 is 23.2 Å². The number of ether oxygens (including phenoxy) is 1. The van der Waals surface area contributed by atoms with E-state index >= 15 is 0 Å². The highest BCUT2D eigenvalue weighted by Gasteiger charge is 2.13. The van der Waals surface area contributed by atoms with Crippen LogP contribution in [0, 0.1) is 25.2 Å². The van der Waals surface area contributed by atoms with Crippen LogP contribution < -0.4 is 15.4 Å². The molecule has 0 aliphatic rings. The lowest BCUT2D eigenvalue weighted by atomic mass is 10.1. The Kier molecular flexibility index (Phi) is 8.19. The van der Waals surface area contributed by atoms with Gasteiger partial charge < -0.3 is 15.4 Å². The van der Waals surface area contributed by atoms with Crippen LogP contribution in [-0.2, 0) is 22.6 Å². The fourth-order valence-electron chi connectivity index (χ4n) is 3.46. The molecule has 0 unspecified atom stereocenters. The summed E-state index contributed by atoms with van der Waals surface area (Å²) in [6, 6.07) is 18.2. The zero-order valence-corrected chi connectivity index (χ0v) is 18.8. The number of nitriles is 1. The number of amides is 2. The van der Waals surface area contributed by atoms with Crippen LogP contribution in [0.2, 0.25) is 0 Å². The average Bonchev–Trinajstić information content (AvgIpc) is 3.08. The number of benzene rings is 2. The van der Waals surface area contributed by atoms with Crippen molar-refractivity contribution in [2.45, 2.75) is 39.7 Å². The largest absolute Gasteiger partial charge is 0.484 e. The molecule has 0 aliphatic heterocycles. The van der Waals surface area contributed by atoms with Crippen molar-refractivity contribution in [3.05, 3.63) is 71.5 Å². The summed E-state index contributed by atoms with van der Waals surface area (Å²) in [5.74, 6) is 0.0932. The highest BCUT2D eigenvalue weighted by Crippen LogP contribution is 2.19. The Morgan fingerprint density at radius 2 is 1.76 bits per heavy atom. The van der Waals surface area contributed by atoms with Gasteiger partial charge in [0.1, 0.15) is 5.75 Å². The lowest BCUT2D eigenvalue weighted by molar-refractivity contribution is -0.118. The molecule has 33 heavy (non-hydrogen) atoms. The van der Waals surface area contributed by atoms with Gasteiger partial charge in [-0.1, -0.05) is 24.3 Å². The molecule has 0 spiro atoms. The third-order valence-corrected chi connectivity index (χ3v) is 5.11. The third kappa shape index (κ3) is 6.94. The summed E-state index contributed by atoms with van der Waals surface area (Å²) >= 11 is 0. The molecule has 0 bridgehead atoms. The summed E-state index contributed by atoms with van der Waals surface area (Å²) in [5, 5.41) is 18.9. The number of hydrogen-bond acceptors (Lipinski definition) is 5. The Labute approximate surface area is 193 Å². The van der Waals surface area contributed by atoms with Gasteiger partial charge in [-0.05, 0) is 50.1 Å². The topological polar surface area (TPSA) is 109 Å². The highest BCUT2D eigenvalue weighted by molar-refractivity contribution is 5.92. The van der Waals surface area contributed by atoms with Crippen LogP contribution in [0.25, 0.3) is 0 Å². The Hall–Kier alpha value is -4.12. The first-order valence-corrected chi connectivity index (χ1v) is 10.7. The van der Waals surface area contributed by atoms with Crippen LogP contribution >= 0.6 is 0 Å². The summed E-state index contributed by atoms with van der Waals surface area (Å²) in [6.07, 6.45) is 1.26. The maximum Gasteiger partial charge on any atom is 0.262 e. The summed E-state index contributed by atoms with van der Waals surface area (Å²) < 4.78 is 7.38. The number of carbonyl (C=O) groups is 2. The van der Waals surface area contributed by atoms with E-state index in [1.54, 1.807) is 36.4 Å². The predicted octanol–water partition coefficient (Wildman–Crippen LogP) is 4.00. The first-order valence-electron chi connectivity index (χ1n) is 10.7. The molecule has 1 aromatic heterocycles. The maximum atomic E-state index is 12.5. The van der Waals surface area contributed by atoms with Crippen LogP contribution in [0.15, 0.2) is 54.6 Å².